The Balaban J connectivity index is 1.29. The normalized spacial score (nSPS) is 11.9. The first kappa shape index (κ1) is 42.3. The Bertz CT molecular complexity index is 2390. The Labute approximate surface area is 347 Å². The first-order chi connectivity index (χ1) is 29.0. The Morgan fingerprint density at radius 3 is 1.32 bits per heavy atom. The predicted molar refractivity (Wildman–Crippen MR) is 232 cm³/mol. The molecule has 0 saturated heterocycles. The highest BCUT2D eigenvalue weighted by molar-refractivity contribution is 6.00. The summed E-state index contributed by atoms with van der Waals surface area (Å²) < 4.78 is 7.07. The lowest BCUT2D eigenvalue weighted by Crippen LogP contribution is -2.52. The fourth-order valence-electron chi connectivity index (χ4n) is 7.00. The molecule has 0 saturated carbocycles. The van der Waals surface area contributed by atoms with Crippen molar-refractivity contribution >= 4 is 45.8 Å². The van der Waals surface area contributed by atoms with E-state index in [1.165, 1.54) is 21.9 Å². The number of anilines is 2. The Kier molecular flexibility index (Phi) is 13.7. The van der Waals surface area contributed by atoms with Crippen molar-refractivity contribution in [3.63, 3.8) is 0 Å². The molecule has 0 bridgehead atoms. The summed E-state index contributed by atoms with van der Waals surface area (Å²) in [6.45, 7) is 0.655. The lowest BCUT2D eigenvalue weighted by Gasteiger charge is -2.26. The van der Waals surface area contributed by atoms with Gasteiger partial charge in [0.1, 0.15) is 30.9 Å². The molecule has 0 spiro atoms. The molecule has 5 aromatic carbocycles. The molecule has 0 aliphatic carbocycles. The van der Waals surface area contributed by atoms with E-state index in [2.05, 4.69) is 10.6 Å². The molecule has 0 radical (unpaired) electrons. The molecule has 6 aromatic rings. The molecule has 0 fully saturated rings. The summed E-state index contributed by atoms with van der Waals surface area (Å²) in [7, 11) is 4.76. The maximum Gasteiger partial charge on any atom is 0.273 e. The number of carbonyl (C=O) groups is 4. The average molecular weight is 809 g/mol. The van der Waals surface area contributed by atoms with Crippen molar-refractivity contribution in [1.29, 1.82) is 0 Å². The van der Waals surface area contributed by atoms with Crippen molar-refractivity contribution in [2.24, 2.45) is 0 Å². The predicted octanol–water partition coefficient (Wildman–Crippen LogP) is 4.52. The number of hydrogen-bond acceptors (Lipinski definition) is 7. The number of nitrogens with one attached hydrogen (secondary N) is 2. The first-order valence-corrected chi connectivity index (χ1v) is 19.6. The third-order valence-electron chi connectivity index (χ3n) is 10.4. The van der Waals surface area contributed by atoms with Crippen molar-refractivity contribution in [1.82, 2.24) is 20.0 Å². The Morgan fingerprint density at radius 1 is 0.550 bits per heavy atom. The van der Waals surface area contributed by atoms with E-state index in [-0.39, 0.29) is 23.6 Å². The molecular formula is C47H48N6O7. The quantitative estimate of drug-likeness (QED) is 0.146. The van der Waals surface area contributed by atoms with Gasteiger partial charge in [0.15, 0.2) is 0 Å². The summed E-state index contributed by atoms with van der Waals surface area (Å²) in [5, 5.41) is 5.70. The topological polar surface area (TPSA) is 152 Å². The molecule has 6 rings (SSSR count). The van der Waals surface area contributed by atoms with E-state index in [1.807, 2.05) is 91.9 Å². The van der Waals surface area contributed by atoms with Gasteiger partial charge >= 0.3 is 0 Å². The molecule has 13 heteroatoms. The third-order valence-corrected chi connectivity index (χ3v) is 10.4. The molecular weight excluding hydrogens is 761 g/mol. The minimum absolute atomic E-state index is 0.0518. The number of carbonyl (C=O) groups excluding carboxylic acids is 4. The number of methoxy groups -OCH3 is 1. The van der Waals surface area contributed by atoms with Gasteiger partial charge in [-0.2, -0.15) is 0 Å². The number of amides is 4. The van der Waals surface area contributed by atoms with Gasteiger partial charge in [-0.15, -0.1) is 0 Å². The van der Waals surface area contributed by atoms with E-state index in [4.69, 9.17) is 4.74 Å². The van der Waals surface area contributed by atoms with Crippen LogP contribution in [0.5, 0.6) is 5.75 Å². The minimum atomic E-state index is -1.08. The number of aryl methyl sites for hydroxylation is 1. The van der Waals surface area contributed by atoms with Crippen molar-refractivity contribution in [2.75, 3.05) is 31.0 Å². The fraction of sp³-hybridized carbons (Fsp3) is 0.234. The SMILES string of the molecule is CCc1ccc(N(C)C(=O)[C@H](Cc2ccccc2)NC(=O)Cn2c(=O)c3ccccc3c(=O)n2CC(=O)N[C@@H](Cc2ccccc2)C(=O)N(C)c2ccc(OC)cc2)cc1. The summed E-state index contributed by atoms with van der Waals surface area (Å²) in [4.78, 5) is 87.1. The van der Waals surface area contributed by atoms with Crippen molar-refractivity contribution in [3.05, 3.63) is 171 Å². The van der Waals surface area contributed by atoms with Crippen LogP contribution in [0.2, 0.25) is 0 Å². The summed E-state index contributed by atoms with van der Waals surface area (Å²) >= 11 is 0. The molecule has 308 valence electrons. The second-order valence-corrected chi connectivity index (χ2v) is 14.4. The molecule has 4 amide bonds. The van der Waals surface area contributed by atoms with E-state index in [0.29, 0.717) is 17.1 Å². The molecule has 2 N–H and O–H groups in total. The second kappa shape index (κ2) is 19.4. The zero-order chi connectivity index (χ0) is 42.8. The van der Waals surface area contributed by atoms with Crippen LogP contribution < -0.4 is 36.3 Å². The van der Waals surface area contributed by atoms with E-state index >= 15 is 0 Å². The van der Waals surface area contributed by atoms with E-state index < -0.39 is 59.9 Å². The number of ether oxygens (including phenoxy) is 1. The highest BCUT2D eigenvalue weighted by Gasteiger charge is 2.29. The van der Waals surface area contributed by atoms with Gasteiger partial charge in [0.2, 0.25) is 23.6 Å². The Hall–Kier alpha value is -7.28. The molecule has 1 aromatic heterocycles. The fourth-order valence-corrected chi connectivity index (χ4v) is 7.00. The third kappa shape index (κ3) is 10.0. The van der Waals surface area contributed by atoms with Crippen LogP contribution in [0.1, 0.15) is 23.6 Å². The van der Waals surface area contributed by atoms with Gasteiger partial charge in [-0.05, 0) is 71.6 Å². The lowest BCUT2D eigenvalue weighted by molar-refractivity contribution is -0.129. The Morgan fingerprint density at radius 2 is 0.933 bits per heavy atom. The minimum Gasteiger partial charge on any atom is -0.497 e. The molecule has 60 heavy (non-hydrogen) atoms. The molecule has 0 aliphatic rings. The largest absolute Gasteiger partial charge is 0.497 e. The lowest BCUT2D eigenvalue weighted by atomic mass is 10.0. The van der Waals surface area contributed by atoms with Crippen molar-refractivity contribution in [2.45, 2.75) is 51.4 Å². The van der Waals surface area contributed by atoms with Gasteiger partial charge in [-0.3, -0.25) is 28.8 Å². The maximum absolute atomic E-state index is 14.1. The zero-order valence-electron chi connectivity index (χ0n) is 34.0. The number of likely N-dealkylation sites (N-methyl/N-ethyl adjacent to an activating group) is 2. The maximum atomic E-state index is 14.1. The van der Waals surface area contributed by atoms with Crippen LogP contribution in [0.15, 0.2) is 143 Å². The van der Waals surface area contributed by atoms with Gasteiger partial charge in [-0.25, -0.2) is 9.36 Å². The van der Waals surface area contributed by atoms with Crippen LogP contribution in [0.3, 0.4) is 0 Å². The summed E-state index contributed by atoms with van der Waals surface area (Å²) in [6.07, 6.45) is 1.11. The summed E-state index contributed by atoms with van der Waals surface area (Å²) in [5.41, 5.74) is 2.48. The van der Waals surface area contributed by atoms with E-state index in [0.717, 1.165) is 32.5 Å². The molecule has 13 nitrogen and oxygen atoms in total. The average Bonchev–Trinajstić information content (AvgIpc) is 3.28. The number of fused-ring (bicyclic) bond motifs is 1. The van der Waals surface area contributed by atoms with Crippen LogP contribution >= 0.6 is 0 Å². The standard InChI is InChI=1S/C47H48N6O7/c1-5-32-20-22-35(23-21-32)50(2)46(58)40(28-33-14-8-6-9-15-33)48-42(54)30-52-44(56)38-18-12-13-19-39(38)45(57)53(52)31-43(55)49-41(29-34-16-10-7-11-17-34)47(59)51(3)36-24-26-37(60-4)27-25-36/h6-27,40-41H,5,28-31H2,1-4H3,(H,48,54)(H,49,55)/t40-,41-/m0/s1. The summed E-state index contributed by atoms with van der Waals surface area (Å²) in [5.74, 6) is -1.69. The number of benzene rings is 5. The van der Waals surface area contributed by atoms with Gasteiger partial charge in [0.05, 0.1) is 17.9 Å². The van der Waals surface area contributed by atoms with E-state index in [1.54, 1.807) is 57.6 Å². The summed E-state index contributed by atoms with van der Waals surface area (Å²) in [6, 6.07) is 36.8. The van der Waals surface area contributed by atoms with E-state index in [9.17, 15) is 28.8 Å². The number of aromatic nitrogens is 2. The van der Waals surface area contributed by atoms with Crippen LogP contribution in [0, 0.1) is 0 Å². The van der Waals surface area contributed by atoms with Crippen LogP contribution in [-0.2, 0) is 51.5 Å². The number of rotatable bonds is 16. The molecule has 1 heterocycles. The van der Waals surface area contributed by atoms with Gasteiger partial charge in [0, 0.05) is 38.3 Å². The number of hydrogen-bond donors (Lipinski definition) is 2. The monoisotopic (exact) mass is 808 g/mol. The molecule has 0 aliphatic heterocycles. The molecule has 0 unspecified atom stereocenters. The smallest absolute Gasteiger partial charge is 0.273 e. The van der Waals surface area contributed by atoms with Gasteiger partial charge in [-0.1, -0.05) is 91.9 Å². The highest BCUT2D eigenvalue weighted by Crippen LogP contribution is 2.20. The molecule has 2 atom stereocenters. The van der Waals surface area contributed by atoms with Gasteiger partial charge < -0.3 is 25.2 Å². The highest BCUT2D eigenvalue weighted by atomic mass is 16.5. The second-order valence-electron chi connectivity index (χ2n) is 14.4. The van der Waals surface area contributed by atoms with Crippen molar-refractivity contribution < 1.29 is 23.9 Å². The van der Waals surface area contributed by atoms with Crippen molar-refractivity contribution in [3.8, 4) is 5.75 Å². The first-order valence-electron chi connectivity index (χ1n) is 19.6. The number of nitrogens with zero attached hydrogens (tertiary/aromatic N) is 4. The zero-order valence-corrected chi connectivity index (χ0v) is 34.0. The van der Waals surface area contributed by atoms with Crippen LogP contribution in [0.25, 0.3) is 10.8 Å². The van der Waals surface area contributed by atoms with Crippen LogP contribution in [-0.4, -0.2) is 66.3 Å². The van der Waals surface area contributed by atoms with Crippen LogP contribution in [0.4, 0.5) is 11.4 Å². The van der Waals surface area contributed by atoms with Gasteiger partial charge in [0.25, 0.3) is 11.1 Å².